The predicted molar refractivity (Wildman–Crippen MR) is 96.6 cm³/mol. The maximum Gasteiger partial charge on any atom is 0.268 e. The van der Waals surface area contributed by atoms with Crippen molar-refractivity contribution in [3.63, 3.8) is 0 Å². The third-order valence-corrected chi connectivity index (χ3v) is 4.50. The van der Waals surface area contributed by atoms with Gasteiger partial charge in [-0.1, -0.05) is 26.0 Å². The fourth-order valence-corrected chi connectivity index (χ4v) is 2.45. The summed E-state index contributed by atoms with van der Waals surface area (Å²) in [6.45, 7) is 7.88. The molecule has 1 aromatic carbocycles. The lowest BCUT2D eigenvalue weighted by Crippen LogP contribution is -2.58. The summed E-state index contributed by atoms with van der Waals surface area (Å²) in [6.07, 6.45) is -0.608. The maximum absolute atomic E-state index is 12.5. The third kappa shape index (κ3) is 3.99. The fraction of sp³-hybridized carbons (Fsp3) is 0.529. The van der Waals surface area contributed by atoms with Gasteiger partial charge in [-0.3, -0.25) is 14.5 Å². The topological polar surface area (TPSA) is 84.7 Å². The van der Waals surface area contributed by atoms with E-state index in [-0.39, 0.29) is 36.7 Å². The van der Waals surface area contributed by atoms with Crippen molar-refractivity contribution in [3.8, 4) is 5.75 Å². The Kier molecular flexibility index (Phi) is 6.63. The highest BCUT2D eigenvalue weighted by molar-refractivity contribution is 6.03. The van der Waals surface area contributed by atoms with Crippen LogP contribution in [0.5, 0.6) is 5.75 Å². The van der Waals surface area contributed by atoms with E-state index < -0.39 is 11.6 Å². The molecular formula is C17H26ClN3O3. The van der Waals surface area contributed by atoms with Crippen molar-refractivity contribution in [1.29, 1.82) is 0 Å². The fourth-order valence-electron chi connectivity index (χ4n) is 2.45. The van der Waals surface area contributed by atoms with E-state index in [1.807, 2.05) is 32.9 Å². The van der Waals surface area contributed by atoms with E-state index >= 15 is 0 Å². The van der Waals surface area contributed by atoms with Crippen molar-refractivity contribution in [3.05, 3.63) is 24.3 Å². The zero-order chi connectivity index (χ0) is 17.2. The van der Waals surface area contributed by atoms with Gasteiger partial charge in [0.05, 0.1) is 11.2 Å². The summed E-state index contributed by atoms with van der Waals surface area (Å²) in [5.41, 5.74) is 5.91. The number of amides is 2. The van der Waals surface area contributed by atoms with Gasteiger partial charge in [0, 0.05) is 6.54 Å². The van der Waals surface area contributed by atoms with E-state index in [9.17, 15) is 9.59 Å². The Hall–Kier alpha value is -1.79. The summed E-state index contributed by atoms with van der Waals surface area (Å²) in [5.74, 6) is 0.336. The number of ether oxygens (including phenoxy) is 1. The number of anilines is 1. The summed E-state index contributed by atoms with van der Waals surface area (Å²) in [4.78, 5) is 26.3. The minimum Gasteiger partial charge on any atom is -0.479 e. The second-order valence-electron chi connectivity index (χ2n) is 6.48. The first-order valence-corrected chi connectivity index (χ1v) is 7.86. The van der Waals surface area contributed by atoms with Crippen molar-refractivity contribution in [1.82, 2.24) is 5.32 Å². The summed E-state index contributed by atoms with van der Waals surface area (Å²) in [5, 5.41) is 2.96. The van der Waals surface area contributed by atoms with Gasteiger partial charge in [0.25, 0.3) is 5.91 Å². The number of rotatable bonds is 5. The molecule has 1 heterocycles. The SMILES string of the molecule is CC1Oc2ccccc2N(CC(=O)NC(C)(CN)C(C)C)C1=O.Cl. The molecule has 134 valence electrons. The maximum atomic E-state index is 12.5. The number of halogens is 1. The number of carbonyl (C=O) groups is 2. The Labute approximate surface area is 149 Å². The van der Waals surface area contributed by atoms with Crippen LogP contribution in [0.15, 0.2) is 24.3 Å². The number of benzene rings is 1. The normalized spacial score (nSPS) is 19.0. The summed E-state index contributed by atoms with van der Waals surface area (Å²) in [7, 11) is 0. The molecule has 1 aromatic rings. The molecule has 3 N–H and O–H groups in total. The Morgan fingerprint density at radius 1 is 1.42 bits per heavy atom. The molecule has 0 radical (unpaired) electrons. The van der Waals surface area contributed by atoms with Crippen molar-refractivity contribution >= 4 is 29.9 Å². The van der Waals surface area contributed by atoms with Gasteiger partial charge in [0.1, 0.15) is 12.3 Å². The molecule has 0 saturated heterocycles. The molecule has 0 bridgehead atoms. The molecule has 2 unspecified atom stereocenters. The van der Waals surface area contributed by atoms with E-state index in [1.165, 1.54) is 4.90 Å². The monoisotopic (exact) mass is 355 g/mol. The number of nitrogens with one attached hydrogen (secondary N) is 1. The van der Waals surface area contributed by atoms with E-state index in [0.717, 1.165) is 0 Å². The second kappa shape index (κ2) is 7.85. The number of nitrogens with zero attached hydrogens (tertiary/aromatic N) is 1. The molecular weight excluding hydrogens is 330 g/mol. The minimum absolute atomic E-state index is 0. The van der Waals surface area contributed by atoms with E-state index in [0.29, 0.717) is 18.0 Å². The van der Waals surface area contributed by atoms with Crippen LogP contribution >= 0.6 is 12.4 Å². The lowest BCUT2D eigenvalue weighted by atomic mass is 9.88. The highest BCUT2D eigenvalue weighted by atomic mass is 35.5. The van der Waals surface area contributed by atoms with Crippen LogP contribution in [-0.4, -0.2) is 36.5 Å². The quantitative estimate of drug-likeness (QED) is 0.842. The van der Waals surface area contributed by atoms with Gasteiger partial charge in [-0.15, -0.1) is 12.4 Å². The van der Waals surface area contributed by atoms with Gasteiger partial charge >= 0.3 is 0 Å². The Morgan fingerprint density at radius 3 is 2.62 bits per heavy atom. The van der Waals surface area contributed by atoms with Gasteiger partial charge in [0.15, 0.2) is 6.10 Å². The van der Waals surface area contributed by atoms with Crippen molar-refractivity contribution in [2.24, 2.45) is 11.7 Å². The number of nitrogens with two attached hydrogens (primary N) is 1. The first kappa shape index (κ1) is 20.3. The summed E-state index contributed by atoms with van der Waals surface area (Å²) >= 11 is 0. The predicted octanol–water partition coefficient (Wildman–Crippen LogP) is 1.71. The van der Waals surface area contributed by atoms with Gasteiger partial charge in [0.2, 0.25) is 5.91 Å². The largest absolute Gasteiger partial charge is 0.479 e. The first-order chi connectivity index (χ1) is 10.8. The van der Waals surface area contributed by atoms with Gasteiger partial charge < -0.3 is 15.8 Å². The molecule has 7 heteroatoms. The molecule has 2 atom stereocenters. The molecule has 6 nitrogen and oxygen atoms in total. The van der Waals surface area contributed by atoms with Crippen molar-refractivity contribution in [2.75, 3.05) is 18.0 Å². The Balaban J connectivity index is 0.00000288. The second-order valence-corrected chi connectivity index (χ2v) is 6.48. The Bertz CT molecular complexity index is 608. The molecule has 1 aliphatic heterocycles. The van der Waals surface area contributed by atoms with Crippen LogP contribution < -0.4 is 20.7 Å². The first-order valence-electron chi connectivity index (χ1n) is 7.86. The van der Waals surface area contributed by atoms with Crippen LogP contribution in [0.1, 0.15) is 27.7 Å². The zero-order valence-corrected chi connectivity index (χ0v) is 15.4. The van der Waals surface area contributed by atoms with E-state index in [2.05, 4.69) is 5.32 Å². The Morgan fingerprint density at radius 2 is 2.04 bits per heavy atom. The summed E-state index contributed by atoms with van der Waals surface area (Å²) in [6, 6.07) is 7.22. The molecule has 1 aliphatic rings. The molecule has 0 saturated carbocycles. The minimum atomic E-state index is -0.608. The lowest BCUT2D eigenvalue weighted by Gasteiger charge is -2.36. The highest BCUT2D eigenvalue weighted by Crippen LogP contribution is 2.33. The molecule has 24 heavy (non-hydrogen) atoms. The van der Waals surface area contributed by atoms with Crippen LogP contribution in [-0.2, 0) is 9.59 Å². The highest BCUT2D eigenvalue weighted by Gasteiger charge is 2.34. The zero-order valence-electron chi connectivity index (χ0n) is 14.5. The van der Waals surface area contributed by atoms with Crippen LogP contribution in [0.25, 0.3) is 0 Å². The molecule has 0 fully saturated rings. The lowest BCUT2D eigenvalue weighted by molar-refractivity contribution is -0.129. The molecule has 0 spiro atoms. The molecule has 0 aromatic heterocycles. The van der Waals surface area contributed by atoms with Crippen molar-refractivity contribution < 1.29 is 14.3 Å². The molecule has 2 rings (SSSR count). The average Bonchev–Trinajstić information content (AvgIpc) is 2.51. The number of fused-ring (bicyclic) bond motifs is 1. The van der Waals surface area contributed by atoms with Crippen LogP contribution in [0.3, 0.4) is 0 Å². The summed E-state index contributed by atoms with van der Waals surface area (Å²) < 4.78 is 5.57. The number of hydrogen-bond acceptors (Lipinski definition) is 4. The van der Waals surface area contributed by atoms with Crippen LogP contribution in [0.4, 0.5) is 5.69 Å². The van der Waals surface area contributed by atoms with Gasteiger partial charge in [-0.25, -0.2) is 0 Å². The van der Waals surface area contributed by atoms with E-state index in [1.54, 1.807) is 19.1 Å². The number of hydrogen-bond donors (Lipinski definition) is 2. The number of carbonyl (C=O) groups excluding carboxylic acids is 2. The van der Waals surface area contributed by atoms with Gasteiger partial charge in [-0.05, 0) is 31.9 Å². The molecule has 2 amide bonds. The van der Waals surface area contributed by atoms with Crippen LogP contribution in [0, 0.1) is 5.92 Å². The van der Waals surface area contributed by atoms with E-state index in [4.69, 9.17) is 10.5 Å². The van der Waals surface area contributed by atoms with Gasteiger partial charge in [-0.2, -0.15) is 0 Å². The standard InChI is InChI=1S/C17H25N3O3.ClH/c1-11(2)17(4,10-18)19-15(21)9-20-13-7-5-6-8-14(13)23-12(3)16(20)22;/h5-8,11-12H,9-10,18H2,1-4H3,(H,19,21);1H. The van der Waals surface area contributed by atoms with Crippen molar-refractivity contribution in [2.45, 2.75) is 39.3 Å². The average molecular weight is 356 g/mol. The smallest absolute Gasteiger partial charge is 0.268 e. The molecule has 0 aliphatic carbocycles. The van der Waals surface area contributed by atoms with Crippen LogP contribution in [0.2, 0.25) is 0 Å². The third-order valence-electron chi connectivity index (χ3n) is 4.50. The number of para-hydroxylation sites is 2.